The van der Waals surface area contributed by atoms with Crippen LogP contribution >= 0.6 is 0 Å². The Hall–Kier alpha value is -1.41. The number of nitrogen functional groups attached to an aromatic ring is 1. The minimum atomic E-state index is -3.46. The third-order valence-electron chi connectivity index (χ3n) is 1.41. The number of rotatable bonds is 4. The van der Waals surface area contributed by atoms with Crippen LogP contribution in [0.1, 0.15) is 0 Å². The molecule has 0 amide bonds. The van der Waals surface area contributed by atoms with E-state index in [0.717, 1.165) is 0 Å². The lowest BCUT2D eigenvalue weighted by Gasteiger charge is -2.05. The minimum Gasteiger partial charge on any atom is -0.381 e. The van der Waals surface area contributed by atoms with E-state index in [1.54, 1.807) is 0 Å². The van der Waals surface area contributed by atoms with Crippen molar-refractivity contribution in [3.63, 3.8) is 0 Å². The van der Waals surface area contributed by atoms with Crippen LogP contribution in [0.3, 0.4) is 0 Å². The van der Waals surface area contributed by atoms with Gasteiger partial charge in [0.2, 0.25) is 10.0 Å². The van der Waals surface area contributed by atoms with Gasteiger partial charge in [0.1, 0.15) is 0 Å². The van der Waals surface area contributed by atoms with E-state index >= 15 is 0 Å². The van der Waals surface area contributed by atoms with Crippen molar-refractivity contribution in [3.05, 3.63) is 12.4 Å². The molecule has 1 heterocycles. The fourth-order valence-corrected chi connectivity index (χ4v) is 1.18. The van der Waals surface area contributed by atoms with Crippen LogP contribution in [0.4, 0.5) is 11.6 Å². The molecule has 5 N–H and O–H groups in total. The van der Waals surface area contributed by atoms with Crippen molar-refractivity contribution in [1.82, 2.24) is 9.97 Å². The summed E-state index contributed by atoms with van der Waals surface area (Å²) < 4.78 is 21.2. The van der Waals surface area contributed by atoms with E-state index in [-0.39, 0.29) is 18.1 Å². The molecule has 1 rings (SSSR count). The Morgan fingerprint density at radius 3 is 2.57 bits per heavy atom. The molecule has 0 radical (unpaired) electrons. The fraction of sp³-hybridized carbons (Fsp3) is 0.333. The summed E-state index contributed by atoms with van der Waals surface area (Å²) in [5.41, 5.74) is 5.45. The first kappa shape index (κ1) is 10.7. The minimum absolute atomic E-state index is 0.154. The Kier molecular flexibility index (Phi) is 3.20. The smallest absolute Gasteiger partial charge is 0.210 e. The predicted molar refractivity (Wildman–Crippen MR) is 52.9 cm³/mol. The normalized spacial score (nSPS) is 11.2. The summed E-state index contributed by atoms with van der Waals surface area (Å²) in [5, 5.41) is 7.51. The standard InChI is InChI=1S/C6H11N5O2S/c7-5-6(10-2-1-9-5)11-3-4-14(8,12)13/h1-2H,3-4H2,(H2,7,9)(H,10,11)(H2,8,12,13). The number of hydrogen-bond donors (Lipinski definition) is 3. The van der Waals surface area contributed by atoms with Crippen LogP contribution in [0.5, 0.6) is 0 Å². The zero-order valence-corrected chi connectivity index (χ0v) is 8.16. The largest absolute Gasteiger partial charge is 0.381 e. The molecular weight excluding hydrogens is 206 g/mol. The molecular formula is C6H11N5O2S. The average molecular weight is 217 g/mol. The summed E-state index contributed by atoms with van der Waals surface area (Å²) in [7, 11) is -3.46. The second-order valence-electron chi connectivity index (χ2n) is 2.58. The molecule has 0 saturated carbocycles. The van der Waals surface area contributed by atoms with Gasteiger partial charge in [0.05, 0.1) is 5.75 Å². The van der Waals surface area contributed by atoms with E-state index in [4.69, 9.17) is 10.9 Å². The lowest BCUT2D eigenvalue weighted by Crippen LogP contribution is -2.23. The van der Waals surface area contributed by atoms with Gasteiger partial charge in [0.25, 0.3) is 0 Å². The Labute approximate surface area is 81.6 Å². The van der Waals surface area contributed by atoms with Gasteiger partial charge in [-0.2, -0.15) is 0 Å². The van der Waals surface area contributed by atoms with E-state index < -0.39 is 10.0 Å². The van der Waals surface area contributed by atoms with E-state index in [1.807, 2.05) is 0 Å². The van der Waals surface area contributed by atoms with Gasteiger partial charge in [0, 0.05) is 18.9 Å². The lowest BCUT2D eigenvalue weighted by molar-refractivity contribution is 0.598. The number of nitrogens with two attached hydrogens (primary N) is 2. The lowest BCUT2D eigenvalue weighted by atomic mass is 10.5. The summed E-state index contributed by atoms with van der Waals surface area (Å²) in [6.07, 6.45) is 2.90. The van der Waals surface area contributed by atoms with Crippen LogP contribution in [0.25, 0.3) is 0 Å². The van der Waals surface area contributed by atoms with Crippen LogP contribution in [0.15, 0.2) is 12.4 Å². The van der Waals surface area contributed by atoms with Crippen molar-refractivity contribution in [2.75, 3.05) is 23.3 Å². The third-order valence-corrected chi connectivity index (χ3v) is 2.18. The van der Waals surface area contributed by atoms with Crippen LogP contribution in [0, 0.1) is 0 Å². The Morgan fingerprint density at radius 1 is 1.36 bits per heavy atom. The summed E-state index contributed by atoms with van der Waals surface area (Å²) >= 11 is 0. The van der Waals surface area contributed by atoms with Gasteiger partial charge < -0.3 is 11.1 Å². The predicted octanol–water partition coefficient (Wildman–Crippen LogP) is -1.24. The SMILES string of the molecule is Nc1nccnc1NCCS(N)(=O)=O. The number of aromatic nitrogens is 2. The number of sulfonamides is 1. The summed E-state index contributed by atoms with van der Waals surface area (Å²) in [5.74, 6) is 0.404. The highest BCUT2D eigenvalue weighted by Gasteiger charge is 2.04. The van der Waals surface area contributed by atoms with Gasteiger partial charge >= 0.3 is 0 Å². The Morgan fingerprint density at radius 2 is 2.00 bits per heavy atom. The van der Waals surface area contributed by atoms with E-state index in [0.29, 0.717) is 5.82 Å². The summed E-state index contributed by atoms with van der Waals surface area (Å²) in [6.45, 7) is 0.154. The number of nitrogens with zero attached hydrogens (tertiary/aromatic N) is 2. The monoisotopic (exact) mass is 217 g/mol. The van der Waals surface area contributed by atoms with E-state index in [1.165, 1.54) is 12.4 Å². The molecule has 0 atom stereocenters. The molecule has 0 saturated heterocycles. The highest BCUT2D eigenvalue weighted by Crippen LogP contribution is 2.08. The molecule has 0 aliphatic heterocycles. The first-order valence-electron chi connectivity index (χ1n) is 3.80. The van der Waals surface area contributed by atoms with Crippen LogP contribution in [0.2, 0.25) is 0 Å². The van der Waals surface area contributed by atoms with Crippen molar-refractivity contribution < 1.29 is 8.42 Å². The van der Waals surface area contributed by atoms with E-state index in [2.05, 4.69) is 15.3 Å². The van der Waals surface area contributed by atoms with Gasteiger partial charge in [-0.05, 0) is 0 Å². The molecule has 0 unspecified atom stereocenters. The maximum Gasteiger partial charge on any atom is 0.210 e. The topological polar surface area (TPSA) is 124 Å². The Balaban J connectivity index is 2.51. The van der Waals surface area contributed by atoms with Gasteiger partial charge in [0.15, 0.2) is 11.6 Å². The first-order valence-corrected chi connectivity index (χ1v) is 5.51. The zero-order chi connectivity index (χ0) is 10.6. The second kappa shape index (κ2) is 4.20. The molecule has 78 valence electrons. The molecule has 0 aromatic carbocycles. The maximum atomic E-state index is 10.6. The van der Waals surface area contributed by atoms with Crippen LogP contribution in [-0.4, -0.2) is 30.7 Å². The van der Waals surface area contributed by atoms with Gasteiger partial charge in [-0.15, -0.1) is 0 Å². The highest BCUT2D eigenvalue weighted by atomic mass is 32.2. The van der Waals surface area contributed by atoms with Crippen LogP contribution < -0.4 is 16.2 Å². The molecule has 7 nitrogen and oxygen atoms in total. The molecule has 0 aliphatic rings. The highest BCUT2D eigenvalue weighted by molar-refractivity contribution is 7.89. The zero-order valence-electron chi connectivity index (χ0n) is 7.34. The molecule has 1 aromatic rings. The van der Waals surface area contributed by atoms with Gasteiger partial charge in [-0.3, -0.25) is 0 Å². The number of hydrogen-bond acceptors (Lipinski definition) is 6. The molecule has 0 spiro atoms. The first-order chi connectivity index (χ1) is 6.49. The van der Waals surface area contributed by atoms with Crippen molar-refractivity contribution in [2.24, 2.45) is 5.14 Å². The van der Waals surface area contributed by atoms with E-state index in [9.17, 15) is 8.42 Å². The van der Waals surface area contributed by atoms with Crippen molar-refractivity contribution >= 4 is 21.7 Å². The van der Waals surface area contributed by atoms with Crippen molar-refractivity contribution in [2.45, 2.75) is 0 Å². The average Bonchev–Trinajstić information content (AvgIpc) is 2.06. The third kappa shape index (κ3) is 3.54. The Bertz CT molecular complexity index is 404. The molecule has 0 fully saturated rings. The molecule has 8 heteroatoms. The van der Waals surface area contributed by atoms with Gasteiger partial charge in [-0.25, -0.2) is 23.5 Å². The van der Waals surface area contributed by atoms with Crippen molar-refractivity contribution in [3.8, 4) is 0 Å². The molecule has 14 heavy (non-hydrogen) atoms. The number of anilines is 2. The number of nitrogens with one attached hydrogen (secondary N) is 1. The quantitative estimate of drug-likeness (QED) is 0.579. The molecule has 0 bridgehead atoms. The maximum absolute atomic E-state index is 10.6. The summed E-state index contributed by atoms with van der Waals surface area (Å²) in [4.78, 5) is 7.63. The second-order valence-corrected chi connectivity index (χ2v) is 4.32. The van der Waals surface area contributed by atoms with Crippen molar-refractivity contribution in [1.29, 1.82) is 0 Å². The van der Waals surface area contributed by atoms with Gasteiger partial charge in [-0.1, -0.05) is 0 Å². The summed E-state index contributed by atoms with van der Waals surface area (Å²) in [6, 6.07) is 0. The molecule has 1 aromatic heterocycles. The fourth-order valence-electron chi connectivity index (χ4n) is 0.797. The number of primary sulfonamides is 1. The molecule has 0 aliphatic carbocycles. The van der Waals surface area contributed by atoms with Crippen LogP contribution in [-0.2, 0) is 10.0 Å².